The van der Waals surface area contributed by atoms with E-state index in [4.69, 9.17) is 5.73 Å². The minimum Gasteiger partial charge on any atom is -0.435 e. The van der Waals surface area contributed by atoms with Gasteiger partial charge in [-0.2, -0.15) is 22.0 Å². The standard InChI is InChI=1S/C33H36F5N3O2/c1-4-5-19-41(24(3)27-9-7-6-8-10-27)30(23(2)33(36,37)38)22-40(20-25-11-15-28(16-12-25)31(39)42)21-26-13-17-29(18-14-26)43-32(34)35/h6-18,32H,3-5,19-22H2,1-2H3,(H2,39,42)/b30-23+. The molecule has 0 unspecified atom stereocenters. The summed E-state index contributed by atoms with van der Waals surface area (Å²) in [5, 5.41) is 0. The molecule has 0 heterocycles. The monoisotopic (exact) mass is 601 g/mol. The van der Waals surface area contributed by atoms with Crippen molar-refractivity contribution in [2.75, 3.05) is 13.1 Å². The first-order valence-electron chi connectivity index (χ1n) is 13.8. The molecule has 0 aromatic heterocycles. The zero-order valence-electron chi connectivity index (χ0n) is 24.2. The molecular weight excluding hydrogens is 565 g/mol. The van der Waals surface area contributed by atoms with Gasteiger partial charge in [-0.3, -0.25) is 9.69 Å². The zero-order chi connectivity index (χ0) is 31.6. The minimum atomic E-state index is -4.60. The SMILES string of the molecule is C=C(c1ccccc1)N(CCCC)/C(CN(Cc1ccc(OC(F)F)cc1)Cc1ccc(C(N)=O)cc1)=C(\C)C(F)(F)F. The van der Waals surface area contributed by atoms with Crippen LogP contribution in [0.1, 0.15) is 53.7 Å². The van der Waals surface area contributed by atoms with E-state index in [-0.39, 0.29) is 31.1 Å². The normalized spacial score (nSPS) is 12.3. The van der Waals surface area contributed by atoms with Gasteiger partial charge in [0.2, 0.25) is 5.91 Å². The van der Waals surface area contributed by atoms with Gasteiger partial charge in [-0.1, -0.05) is 74.5 Å². The Morgan fingerprint density at radius 3 is 1.95 bits per heavy atom. The summed E-state index contributed by atoms with van der Waals surface area (Å²) in [5.74, 6) is -0.614. The number of hydrogen-bond acceptors (Lipinski definition) is 4. The molecule has 3 aromatic carbocycles. The number of allylic oxidation sites excluding steroid dienone is 1. The molecule has 1 amide bonds. The molecule has 0 fully saturated rings. The summed E-state index contributed by atoms with van der Waals surface area (Å²) in [6.45, 7) is 4.89. The summed E-state index contributed by atoms with van der Waals surface area (Å²) in [7, 11) is 0. The number of hydrogen-bond donors (Lipinski definition) is 1. The van der Waals surface area contributed by atoms with Crippen molar-refractivity contribution >= 4 is 11.6 Å². The quantitative estimate of drug-likeness (QED) is 0.179. The van der Waals surface area contributed by atoms with Crippen LogP contribution in [-0.2, 0) is 13.1 Å². The van der Waals surface area contributed by atoms with Crippen molar-refractivity contribution in [3.8, 4) is 5.75 Å². The maximum absolute atomic E-state index is 14.4. The number of nitrogens with zero attached hydrogens (tertiary/aromatic N) is 2. The summed E-state index contributed by atoms with van der Waals surface area (Å²) in [6, 6.07) is 21.6. The number of ether oxygens (including phenoxy) is 1. The van der Waals surface area contributed by atoms with Crippen LogP contribution < -0.4 is 10.5 Å². The highest BCUT2D eigenvalue weighted by atomic mass is 19.4. The van der Waals surface area contributed by atoms with Crippen LogP contribution in [0.4, 0.5) is 22.0 Å². The van der Waals surface area contributed by atoms with Gasteiger partial charge in [-0.25, -0.2) is 0 Å². The van der Waals surface area contributed by atoms with E-state index in [9.17, 15) is 26.7 Å². The molecule has 5 nitrogen and oxygen atoms in total. The number of rotatable bonds is 15. The topological polar surface area (TPSA) is 58.8 Å². The number of halogens is 5. The largest absolute Gasteiger partial charge is 0.435 e. The number of unbranched alkanes of at least 4 members (excludes halogenated alkanes) is 1. The average Bonchev–Trinajstić information content (AvgIpc) is 2.97. The summed E-state index contributed by atoms with van der Waals surface area (Å²) < 4.78 is 72.8. The van der Waals surface area contributed by atoms with Gasteiger partial charge in [-0.05, 0) is 54.3 Å². The molecular formula is C33H36F5N3O2. The fraction of sp³-hybridized carbons (Fsp3) is 0.303. The highest BCUT2D eigenvalue weighted by Crippen LogP contribution is 2.34. The Balaban J connectivity index is 2.05. The molecule has 0 aliphatic rings. The van der Waals surface area contributed by atoms with Gasteiger partial charge in [0.15, 0.2) is 0 Å². The lowest BCUT2D eigenvalue weighted by Gasteiger charge is -2.35. The first kappa shape index (κ1) is 33.3. The van der Waals surface area contributed by atoms with Crippen LogP contribution in [0.25, 0.3) is 5.70 Å². The van der Waals surface area contributed by atoms with E-state index in [0.717, 1.165) is 18.9 Å². The van der Waals surface area contributed by atoms with Crippen molar-refractivity contribution in [3.05, 3.63) is 119 Å². The second-order valence-corrected chi connectivity index (χ2v) is 10.1. The highest BCUT2D eigenvalue weighted by Gasteiger charge is 2.35. The highest BCUT2D eigenvalue weighted by molar-refractivity contribution is 5.92. The molecule has 0 spiro atoms. The van der Waals surface area contributed by atoms with Crippen molar-refractivity contribution in [1.82, 2.24) is 9.80 Å². The van der Waals surface area contributed by atoms with Gasteiger partial charge in [0.1, 0.15) is 5.75 Å². The first-order chi connectivity index (χ1) is 20.4. The molecule has 43 heavy (non-hydrogen) atoms. The zero-order valence-corrected chi connectivity index (χ0v) is 24.2. The van der Waals surface area contributed by atoms with Crippen LogP contribution in [0.15, 0.2) is 96.7 Å². The number of amides is 1. The van der Waals surface area contributed by atoms with E-state index in [2.05, 4.69) is 11.3 Å². The van der Waals surface area contributed by atoms with E-state index in [1.54, 1.807) is 41.3 Å². The molecule has 0 bridgehead atoms. The van der Waals surface area contributed by atoms with Crippen LogP contribution in [0.3, 0.4) is 0 Å². The fourth-order valence-electron chi connectivity index (χ4n) is 4.55. The number of carbonyl (C=O) groups is 1. The van der Waals surface area contributed by atoms with E-state index in [1.165, 1.54) is 12.1 Å². The third-order valence-electron chi connectivity index (χ3n) is 6.92. The Labute approximate surface area is 249 Å². The maximum atomic E-state index is 14.4. The molecule has 0 saturated carbocycles. The van der Waals surface area contributed by atoms with Gasteiger partial charge in [0, 0.05) is 43.1 Å². The number of primary amides is 1. The van der Waals surface area contributed by atoms with Gasteiger partial charge < -0.3 is 15.4 Å². The lowest BCUT2D eigenvalue weighted by molar-refractivity contribution is -0.0935. The van der Waals surface area contributed by atoms with Crippen molar-refractivity contribution in [2.45, 2.75) is 52.6 Å². The smallest absolute Gasteiger partial charge is 0.414 e. The van der Waals surface area contributed by atoms with Gasteiger partial charge in [0.05, 0.1) is 5.57 Å². The molecule has 230 valence electrons. The third kappa shape index (κ3) is 9.95. The summed E-state index contributed by atoms with van der Waals surface area (Å²) in [4.78, 5) is 15.0. The van der Waals surface area contributed by atoms with Gasteiger partial charge in [-0.15, -0.1) is 0 Å². The van der Waals surface area contributed by atoms with Crippen LogP contribution in [0, 0.1) is 0 Å². The number of alkyl halides is 5. The van der Waals surface area contributed by atoms with Crippen molar-refractivity contribution in [2.24, 2.45) is 5.73 Å². The van der Waals surface area contributed by atoms with E-state index in [0.29, 0.717) is 35.4 Å². The Bertz CT molecular complexity index is 1370. The number of carbonyl (C=O) groups excluding carboxylic acids is 1. The Kier molecular flexibility index (Phi) is 11.9. The first-order valence-corrected chi connectivity index (χ1v) is 13.8. The van der Waals surface area contributed by atoms with E-state index in [1.807, 2.05) is 42.2 Å². The van der Waals surface area contributed by atoms with Crippen molar-refractivity contribution < 1.29 is 31.5 Å². The van der Waals surface area contributed by atoms with E-state index >= 15 is 0 Å². The third-order valence-corrected chi connectivity index (χ3v) is 6.92. The molecule has 3 rings (SSSR count). The summed E-state index contributed by atoms with van der Waals surface area (Å²) in [5.41, 5.74) is 7.57. The molecule has 2 N–H and O–H groups in total. The van der Waals surface area contributed by atoms with Gasteiger partial charge in [0.25, 0.3) is 0 Å². The second kappa shape index (κ2) is 15.3. The molecule has 0 aliphatic heterocycles. The molecule has 0 saturated heterocycles. The Hall–Kier alpha value is -4.18. The number of nitrogens with two attached hydrogens (primary N) is 1. The van der Waals surface area contributed by atoms with Gasteiger partial charge >= 0.3 is 12.8 Å². The summed E-state index contributed by atoms with van der Waals surface area (Å²) in [6.07, 6.45) is -3.19. The predicted molar refractivity (Wildman–Crippen MR) is 158 cm³/mol. The molecule has 3 aromatic rings. The Morgan fingerprint density at radius 2 is 1.47 bits per heavy atom. The predicted octanol–water partition coefficient (Wildman–Crippen LogP) is 8.00. The molecule has 10 heteroatoms. The molecule has 0 aliphatic carbocycles. The lowest BCUT2D eigenvalue weighted by Crippen LogP contribution is -2.35. The summed E-state index contributed by atoms with van der Waals surface area (Å²) >= 11 is 0. The Morgan fingerprint density at radius 1 is 0.907 bits per heavy atom. The lowest BCUT2D eigenvalue weighted by atomic mass is 10.1. The second-order valence-electron chi connectivity index (χ2n) is 10.1. The van der Waals surface area contributed by atoms with Crippen molar-refractivity contribution in [1.29, 1.82) is 0 Å². The van der Waals surface area contributed by atoms with Crippen LogP contribution in [-0.4, -0.2) is 41.6 Å². The molecule has 0 radical (unpaired) electrons. The van der Waals surface area contributed by atoms with Crippen LogP contribution in [0.5, 0.6) is 5.75 Å². The van der Waals surface area contributed by atoms with E-state index < -0.39 is 24.3 Å². The maximum Gasteiger partial charge on any atom is 0.414 e. The average molecular weight is 602 g/mol. The van der Waals surface area contributed by atoms with Crippen LogP contribution in [0.2, 0.25) is 0 Å². The van der Waals surface area contributed by atoms with Crippen LogP contribution >= 0.6 is 0 Å². The fourth-order valence-corrected chi connectivity index (χ4v) is 4.55. The number of benzene rings is 3. The minimum absolute atomic E-state index is 0.0225. The van der Waals surface area contributed by atoms with Crippen molar-refractivity contribution in [3.63, 3.8) is 0 Å². The molecule has 0 atom stereocenters.